The number of halogens is 1. The summed E-state index contributed by atoms with van der Waals surface area (Å²) in [6.07, 6.45) is 1.22. The van der Waals surface area contributed by atoms with E-state index >= 15 is 0 Å². The van der Waals surface area contributed by atoms with E-state index in [4.69, 9.17) is 26.0 Å². The van der Waals surface area contributed by atoms with Gasteiger partial charge in [-0.3, -0.25) is 0 Å². The summed E-state index contributed by atoms with van der Waals surface area (Å²) in [6.45, 7) is 0. The van der Waals surface area contributed by atoms with Crippen LogP contribution in [0, 0.1) is 0 Å². The van der Waals surface area contributed by atoms with E-state index in [2.05, 4.69) is 5.16 Å². The minimum absolute atomic E-state index is 0.467. The first-order valence-corrected chi connectivity index (χ1v) is 5.23. The molecule has 0 radical (unpaired) electrons. The average Bonchev–Trinajstić information content (AvgIpc) is 2.78. The highest BCUT2D eigenvalue weighted by Gasteiger charge is 2.07. The van der Waals surface area contributed by atoms with Crippen molar-refractivity contribution in [2.45, 2.75) is 0 Å². The highest BCUT2D eigenvalue weighted by atomic mass is 35.5. The van der Waals surface area contributed by atoms with Crippen molar-refractivity contribution in [3.8, 4) is 17.1 Å². The van der Waals surface area contributed by atoms with Crippen molar-refractivity contribution in [2.24, 2.45) is 5.16 Å². The normalized spacial score (nSPS) is 10.9. The Morgan fingerprint density at radius 3 is 2.82 bits per heavy atom. The second kappa shape index (κ2) is 4.93. The van der Waals surface area contributed by atoms with Crippen molar-refractivity contribution in [1.29, 1.82) is 0 Å². The van der Waals surface area contributed by atoms with Crippen molar-refractivity contribution in [2.75, 3.05) is 7.11 Å². The molecule has 0 unspecified atom stereocenters. The SMILES string of the molecule is COc1ccc(-c2ccc(/C=N/O)o2)cc1Cl. The lowest BCUT2D eigenvalue weighted by Crippen LogP contribution is -1.84. The zero-order valence-electron chi connectivity index (χ0n) is 9.05. The lowest BCUT2D eigenvalue weighted by atomic mass is 10.2. The smallest absolute Gasteiger partial charge is 0.149 e. The molecule has 0 aliphatic rings. The molecule has 0 atom stereocenters. The fourth-order valence-electron chi connectivity index (χ4n) is 1.45. The Kier molecular flexibility index (Phi) is 3.35. The maximum absolute atomic E-state index is 8.38. The lowest BCUT2D eigenvalue weighted by Gasteiger charge is -2.03. The molecule has 1 heterocycles. The maximum Gasteiger partial charge on any atom is 0.149 e. The van der Waals surface area contributed by atoms with Crippen LogP contribution in [0.15, 0.2) is 39.9 Å². The Balaban J connectivity index is 2.35. The first kappa shape index (κ1) is 11.5. The number of furan rings is 1. The van der Waals surface area contributed by atoms with Crippen LogP contribution < -0.4 is 4.74 Å². The molecular weight excluding hydrogens is 242 g/mol. The monoisotopic (exact) mass is 251 g/mol. The van der Waals surface area contributed by atoms with Gasteiger partial charge in [-0.15, -0.1) is 0 Å². The van der Waals surface area contributed by atoms with Crippen LogP contribution in [0.4, 0.5) is 0 Å². The summed E-state index contributed by atoms with van der Waals surface area (Å²) in [5.74, 6) is 1.72. The van der Waals surface area contributed by atoms with E-state index in [1.165, 1.54) is 6.21 Å². The van der Waals surface area contributed by atoms with Gasteiger partial charge >= 0.3 is 0 Å². The topological polar surface area (TPSA) is 55.0 Å². The molecule has 0 aliphatic heterocycles. The number of nitrogens with zero attached hydrogens (tertiary/aromatic N) is 1. The molecule has 0 bridgehead atoms. The zero-order valence-corrected chi connectivity index (χ0v) is 9.81. The molecule has 88 valence electrons. The third-order valence-electron chi connectivity index (χ3n) is 2.25. The molecule has 4 nitrogen and oxygen atoms in total. The minimum atomic E-state index is 0.467. The number of ether oxygens (including phenoxy) is 1. The molecule has 2 aromatic rings. The molecule has 0 spiro atoms. The molecular formula is C12H10ClNO3. The number of benzene rings is 1. The largest absolute Gasteiger partial charge is 0.495 e. The zero-order chi connectivity index (χ0) is 12.3. The molecule has 0 fully saturated rings. The molecule has 0 amide bonds. The van der Waals surface area contributed by atoms with E-state index in [0.717, 1.165) is 5.56 Å². The molecule has 1 aromatic carbocycles. The first-order valence-electron chi connectivity index (χ1n) is 4.86. The van der Waals surface area contributed by atoms with E-state index in [1.807, 2.05) is 6.07 Å². The molecule has 2 rings (SSSR count). The first-order chi connectivity index (χ1) is 8.24. The van der Waals surface area contributed by atoms with Crippen LogP contribution in [0.25, 0.3) is 11.3 Å². The highest BCUT2D eigenvalue weighted by Crippen LogP contribution is 2.30. The van der Waals surface area contributed by atoms with E-state index in [-0.39, 0.29) is 0 Å². The summed E-state index contributed by atoms with van der Waals surface area (Å²) in [5, 5.41) is 11.8. The number of oxime groups is 1. The van der Waals surface area contributed by atoms with Crippen molar-refractivity contribution < 1.29 is 14.4 Å². The summed E-state index contributed by atoms with van der Waals surface area (Å²) in [5.41, 5.74) is 0.827. The van der Waals surface area contributed by atoms with Gasteiger partial charge in [0.05, 0.1) is 12.1 Å². The number of hydrogen-bond acceptors (Lipinski definition) is 4. The molecule has 1 aromatic heterocycles. The Labute approximate surface area is 103 Å². The van der Waals surface area contributed by atoms with Gasteiger partial charge in [0.1, 0.15) is 23.5 Å². The molecule has 17 heavy (non-hydrogen) atoms. The Morgan fingerprint density at radius 2 is 2.18 bits per heavy atom. The third kappa shape index (κ3) is 2.42. The maximum atomic E-state index is 8.38. The van der Waals surface area contributed by atoms with E-state index in [1.54, 1.807) is 31.4 Å². The fraction of sp³-hybridized carbons (Fsp3) is 0.0833. The fourth-order valence-corrected chi connectivity index (χ4v) is 1.71. The second-order valence-corrected chi connectivity index (χ2v) is 3.70. The molecule has 0 saturated heterocycles. The predicted molar refractivity (Wildman–Crippen MR) is 65.1 cm³/mol. The van der Waals surface area contributed by atoms with E-state index in [9.17, 15) is 0 Å². The number of rotatable bonds is 3. The second-order valence-electron chi connectivity index (χ2n) is 3.30. The van der Waals surface area contributed by atoms with Gasteiger partial charge in [0.15, 0.2) is 0 Å². The van der Waals surface area contributed by atoms with Crippen LogP contribution in [0.2, 0.25) is 5.02 Å². The minimum Gasteiger partial charge on any atom is -0.495 e. The van der Waals surface area contributed by atoms with Gasteiger partial charge in [0.25, 0.3) is 0 Å². The van der Waals surface area contributed by atoms with Gasteiger partial charge in [0, 0.05) is 5.56 Å². The number of methoxy groups -OCH3 is 1. The molecule has 5 heteroatoms. The van der Waals surface area contributed by atoms with Crippen molar-refractivity contribution in [3.05, 3.63) is 41.1 Å². The van der Waals surface area contributed by atoms with Crippen LogP contribution in [0.5, 0.6) is 5.75 Å². The quantitative estimate of drug-likeness (QED) is 0.517. The summed E-state index contributed by atoms with van der Waals surface area (Å²) >= 11 is 6.01. The molecule has 0 saturated carbocycles. The summed E-state index contributed by atoms with van der Waals surface area (Å²) in [4.78, 5) is 0. The van der Waals surface area contributed by atoms with Crippen LogP contribution in [-0.2, 0) is 0 Å². The van der Waals surface area contributed by atoms with Crippen LogP contribution in [0.1, 0.15) is 5.76 Å². The third-order valence-corrected chi connectivity index (χ3v) is 2.54. The highest BCUT2D eigenvalue weighted by molar-refractivity contribution is 6.32. The summed E-state index contributed by atoms with van der Waals surface area (Å²) < 4.78 is 10.5. The van der Waals surface area contributed by atoms with Crippen molar-refractivity contribution >= 4 is 17.8 Å². The summed E-state index contributed by atoms with van der Waals surface area (Å²) in [7, 11) is 1.56. The van der Waals surface area contributed by atoms with Gasteiger partial charge in [-0.05, 0) is 30.3 Å². The van der Waals surface area contributed by atoms with Gasteiger partial charge < -0.3 is 14.4 Å². The van der Waals surface area contributed by atoms with Crippen molar-refractivity contribution in [3.63, 3.8) is 0 Å². The van der Waals surface area contributed by atoms with Crippen LogP contribution in [0.3, 0.4) is 0 Å². The molecule has 0 aliphatic carbocycles. The van der Waals surface area contributed by atoms with Gasteiger partial charge in [-0.2, -0.15) is 0 Å². The number of hydrogen-bond donors (Lipinski definition) is 1. The van der Waals surface area contributed by atoms with Crippen LogP contribution >= 0.6 is 11.6 Å². The standard InChI is InChI=1S/C12H10ClNO3/c1-16-12-4-2-8(6-10(12)13)11-5-3-9(17-11)7-14-15/h2-7,15H,1H3/b14-7+. The van der Waals surface area contributed by atoms with E-state index in [0.29, 0.717) is 22.3 Å². The van der Waals surface area contributed by atoms with Crippen molar-refractivity contribution in [1.82, 2.24) is 0 Å². The van der Waals surface area contributed by atoms with Gasteiger partial charge in [-0.1, -0.05) is 16.8 Å². The van der Waals surface area contributed by atoms with Crippen LogP contribution in [-0.4, -0.2) is 18.5 Å². The Hall–Kier alpha value is -1.94. The summed E-state index contributed by atoms with van der Waals surface area (Å²) in [6, 6.07) is 8.82. The average molecular weight is 252 g/mol. The van der Waals surface area contributed by atoms with Gasteiger partial charge in [0.2, 0.25) is 0 Å². The van der Waals surface area contributed by atoms with Gasteiger partial charge in [-0.25, -0.2) is 0 Å². The predicted octanol–water partition coefficient (Wildman–Crippen LogP) is 3.42. The lowest BCUT2D eigenvalue weighted by molar-refractivity contribution is 0.321. The Bertz CT molecular complexity index is 548. The van der Waals surface area contributed by atoms with E-state index < -0.39 is 0 Å². The Morgan fingerprint density at radius 1 is 1.35 bits per heavy atom. The molecule has 1 N–H and O–H groups in total.